The smallest absolute Gasteiger partial charge is 0.332 e. The molecule has 3 aromatic rings. The van der Waals surface area contributed by atoms with Crippen molar-refractivity contribution in [1.82, 2.24) is 5.32 Å². The molecule has 0 saturated heterocycles. The van der Waals surface area contributed by atoms with Gasteiger partial charge < -0.3 is 10.1 Å². The summed E-state index contributed by atoms with van der Waals surface area (Å²) in [5.41, 5.74) is 1.70. The topological polar surface area (TPSA) is 76.3 Å². The van der Waals surface area contributed by atoms with Crippen LogP contribution in [0.5, 0.6) is 5.75 Å². The minimum absolute atomic E-state index is 0.157. The lowest BCUT2D eigenvalue weighted by Crippen LogP contribution is -2.34. The summed E-state index contributed by atoms with van der Waals surface area (Å²) in [4.78, 5) is 11.6. The van der Waals surface area contributed by atoms with Gasteiger partial charge in [0.1, 0.15) is 5.75 Å². The van der Waals surface area contributed by atoms with E-state index in [1.807, 2.05) is 29.1 Å². The Kier molecular flexibility index (Phi) is 7.48. The first kappa shape index (κ1) is 23.0. The van der Waals surface area contributed by atoms with E-state index < -0.39 is 10.2 Å². The van der Waals surface area contributed by atoms with Crippen LogP contribution >= 0.6 is 23.2 Å². The lowest BCUT2D eigenvalue weighted by Gasteiger charge is -2.08. The average Bonchev–Trinajstić information content (AvgIpc) is 2.74. The molecule has 0 spiro atoms. The van der Waals surface area contributed by atoms with Crippen LogP contribution < -0.4 is 14.6 Å². The van der Waals surface area contributed by atoms with Crippen molar-refractivity contribution in [3.05, 3.63) is 88.2 Å². The molecular formula is C21H18Cl2FN2O4S+. The summed E-state index contributed by atoms with van der Waals surface area (Å²) in [6.45, 7) is 0.652. The van der Waals surface area contributed by atoms with Crippen LogP contribution in [0.2, 0.25) is 10.0 Å². The second kappa shape index (κ2) is 10.1. The van der Waals surface area contributed by atoms with Crippen molar-refractivity contribution >= 4 is 39.3 Å². The Hall–Kier alpha value is -2.68. The van der Waals surface area contributed by atoms with Crippen molar-refractivity contribution < 1.29 is 26.4 Å². The van der Waals surface area contributed by atoms with Gasteiger partial charge >= 0.3 is 10.2 Å². The minimum atomic E-state index is -4.70. The van der Waals surface area contributed by atoms with Crippen LogP contribution in [0.3, 0.4) is 0 Å². The van der Waals surface area contributed by atoms with Gasteiger partial charge in [-0.15, -0.1) is 3.89 Å². The molecule has 0 aliphatic rings. The van der Waals surface area contributed by atoms with E-state index in [1.165, 1.54) is 18.2 Å². The zero-order valence-electron chi connectivity index (χ0n) is 16.1. The summed E-state index contributed by atoms with van der Waals surface area (Å²) in [6.07, 6.45) is 3.65. The van der Waals surface area contributed by atoms with Gasteiger partial charge in [-0.25, -0.2) is 4.57 Å². The Morgan fingerprint density at radius 3 is 2.26 bits per heavy atom. The number of nitrogens with one attached hydrogen (secondary N) is 1. The molecule has 0 aliphatic heterocycles. The Balaban J connectivity index is 1.47. The van der Waals surface area contributed by atoms with Crippen molar-refractivity contribution in [2.75, 3.05) is 6.61 Å². The minimum Gasteiger partial charge on any atom is -0.484 e. The predicted molar refractivity (Wildman–Crippen MR) is 114 cm³/mol. The maximum Gasteiger partial charge on any atom is 0.332 e. The van der Waals surface area contributed by atoms with Gasteiger partial charge in [-0.3, -0.25) is 4.79 Å². The molecule has 0 saturated carbocycles. The van der Waals surface area contributed by atoms with E-state index in [-0.39, 0.29) is 17.4 Å². The SMILES string of the molecule is O=C(COc1ccc(Cl)c(Cl)c1)NCc1cc[n+](Cc2ccc(S(=O)(=O)F)cc2)cc1. The Labute approximate surface area is 189 Å². The number of rotatable bonds is 8. The van der Waals surface area contributed by atoms with Gasteiger partial charge in [0.2, 0.25) is 0 Å². The summed E-state index contributed by atoms with van der Waals surface area (Å²) in [6, 6.07) is 14.0. The normalized spacial score (nSPS) is 11.2. The van der Waals surface area contributed by atoms with E-state index in [0.717, 1.165) is 11.1 Å². The molecule has 1 amide bonds. The zero-order valence-corrected chi connectivity index (χ0v) is 18.4. The van der Waals surface area contributed by atoms with Gasteiger partial charge in [-0.05, 0) is 29.8 Å². The van der Waals surface area contributed by atoms with Crippen LogP contribution in [0.15, 0.2) is 71.9 Å². The second-order valence-corrected chi connectivity index (χ2v) is 8.76. The summed E-state index contributed by atoms with van der Waals surface area (Å²) in [5.74, 6) is 0.160. The van der Waals surface area contributed by atoms with Crippen LogP contribution in [0, 0.1) is 0 Å². The molecule has 10 heteroatoms. The Bertz CT molecular complexity index is 1170. The van der Waals surface area contributed by atoms with Gasteiger partial charge in [0.05, 0.1) is 14.9 Å². The lowest BCUT2D eigenvalue weighted by molar-refractivity contribution is -0.688. The number of halogens is 3. The lowest BCUT2D eigenvalue weighted by atomic mass is 10.2. The first-order valence-electron chi connectivity index (χ1n) is 9.07. The molecule has 0 atom stereocenters. The van der Waals surface area contributed by atoms with Gasteiger partial charge in [0, 0.05) is 30.3 Å². The van der Waals surface area contributed by atoms with Crippen LogP contribution in [0.1, 0.15) is 11.1 Å². The first-order chi connectivity index (χ1) is 14.7. The standard InChI is InChI=1S/C21H17Cl2FN2O4S/c22-19-6-3-17(11-20(19)23)30-14-21(27)25-12-15-7-9-26(10-8-15)13-16-1-4-18(5-2-16)31(24,28)29/h1-11H,12-14H2/p+1. The molecule has 31 heavy (non-hydrogen) atoms. The van der Waals surface area contributed by atoms with E-state index in [2.05, 4.69) is 5.32 Å². The molecule has 0 bridgehead atoms. The molecule has 162 valence electrons. The van der Waals surface area contributed by atoms with Crippen molar-refractivity contribution in [3.63, 3.8) is 0 Å². The third-order valence-corrected chi connectivity index (χ3v) is 5.86. The fourth-order valence-electron chi connectivity index (χ4n) is 2.65. The zero-order chi connectivity index (χ0) is 22.4. The largest absolute Gasteiger partial charge is 0.484 e. The summed E-state index contributed by atoms with van der Waals surface area (Å²) in [7, 11) is -4.70. The van der Waals surface area contributed by atoms with Crippen LogP contribution in [0.4, 0.5) is 3.89 Å². The molecular weight excluding hydrogens is 466 g/mol. The molecule has 6 nitrogen and oxygen atoms in total. The number of nitrogens with zero attached hydrogens (tertiary/aromatic N) is 1. The highest BCUT2D eigenvalue weighted by Gasteiger charge is 2.12. The quantitative estimate of drug-likeness (QED) is 0.391. The molecule has 0 aliphatic carbocycles. The van der Waals surface area contributed by atoms with Crippen molar-refractivity contribution in [2.24, 2.45) is 0 Å². The van der Waals surface area contributed by atoms with Crippen molar-refractivity contribution in [2.45, 2.75) is 18.0 Å². The number of benzene rings is 2. The number of aromatic nitrogens is 1. The summed E-state index contributed by atoms with van der Waals surface area (Å²) in [5, 5.41) is 3.51. The van der Waals surface area contributed by atoms with E-state index >= 15 is 0 Å². The fourth-order valence-corrected chi connectivity index (χ4v) is 3.40. The van der Waals surface area contributed by atoms with E-state index in [4.69, 9.17) is 27.9 Å². The number of ether oxygens (including phenoxy) is 1. The molecule has 0 unspecified atom stereocenters. The van der Waals surface area contributed by atoms with Crippen LogP contribution in [-0.2, 0) is 28.1 Å². The maximum absolute atomic E-state index is 12.9. The number of carbonyl (C=O) groups is 1. The summed E-state index contributed by atoms with van der Waals surface area (Å²) >= 11 is 11.7. The molecule has 1 N–H and O–H groups in total. The predicted octanol–water partition coefficient (Wildman–Crippen LogP) is 3.68. The highest BCUT2D eigenvalue weighted by atomic mass is 35.5. The second-order valence-electron chi connectivity index (χ2n) is 6.60. The first-order valence-corrected chi connectivity index (χ1v) is 11.2. The van der Waals surface area contributed by atoms with Gasteiger partial charge in [-0.1, -0.05) is 35.3 Å². The monoisotopic (exact) mass is 483 g/mol. The average molecular weight is 484 g/mol. The van der Waals surface area contributed by atoms with Crippen molar-refractivity contribution in [3.8, 4) is 5.75 Å². The third kappa shape index (κ3) is 6.92. The van der Waals surface area contributed by atoms with Gasteiger partial charge in [-0.2, -0.15) is 8.42 Å². The van der Waals surface area contributed by atoms with Gasteiger partial charge in [0.15, 0.2) is 25.5 Å². The number of amides is 1. The van der Waals surface area contributed by atoms with Gasteiger partial charge in [0.25, 0.3) is 5.91 Å². The van der Waals surface area contributed by atoms with E-state index in [1.54, 1.807) is 24.3 Å². The van der Waals surface area contributed by atoms with E-state index in [9.17, 15) is 17.1 Å². The number of hydrogen-bond donors (Lipinski definition) is 1. The maximum atomic E-state index is 12.9. The highest BCUT2D eigenvalue weighted by molar-refractivity contribution is 7.86. The third-order valence-electron chi connectivity index (χ3n) is 4.28. The molecule has 0 fully saturated rings. The number of carbonyl (C=O) groups excluding carboxylic acids is 1. The molecule has 1 heterocycles. The Morgan fingerprint density at radius 2 is 1.65 bits per heavy atom. The molecule has 2 aromatic carbocycles. The Morgan fingerprint density at radius 1 is 0.968 bits per heavy atom. The molecule has 1 aromatic heterocycles. The van der Waals surface area contributed by atoms with Crippen LogP contribution in [-0.4, -0.2) is 20.9 Å². The van der Waals surface area contributed by atoms with E-state index in [0.29, 0.717) is 28.9 Å². The van der Waals surface area contributed by atoms with Crippen LogP contribution in [0.25, 0.3) is 0 Å². The number of hydrogen-bond acceptors (Lipinski definition) is 4. The number of pyridine rings is 1. The highest BCUT2D eigenvalue weighted by Crippen LogP contribution is 2.26. The molecule has 0 radical (unpaired) electrons. The fraction of sp³-hybridized carbons (Fsp3) is 0.143. The molecule has 3 rings (SSSR count). The van der Waals surface area contributed by atoms with Crippen molar-refractivity contribution in [1.29, 1.82) is 0 Å². The summed E-state index contributed by atoms with van der Waals surface area (Å²) < 4.78 is 41.9.